The first-order chi connectivity index (χ1) is 10.8. The highest BCUT2D eigenvalue weighted by atomic mass is 16.5. The molecule has 0 saturated carbocycles. The molecule has 0 unspecified atom stereocenters. The zero-order chi connectivity index (χ0) is 15.4. The molecular formula is C16H18N4O2. The number of amides is 1. The summed E-state index contributed by atoms with van der Waals surface area (Å²) in [6.07, 6.45) is 5.57. The van der Waals surface area contributed by atoms with Crippen LogP contribution in [-0.2, 0) is 0 Å². The zero-order valence-corrected chi connectivity index (χ0v) is 12.5. The van der Waals surface area contributed by atoms with Crippen molar-refractivity contribution in [2.45, 2.75) is 12.8 Å². The molecule has 3 rings (SSSR count). The molecule has 1 amide bonds. The second-order valence-corrected chi connectivity index (χ2v) is 5.11. The Morgan fingerprint density at radius 3 is 2.73 bits per heavy atom. The predicted molar refractivity (Wildman–Crippen MR) is 84.4 cm³/mol. The third-order valence-corrected chi connectivity index (χ3v) is 3.64. The van der Waals surface area contributed by atoms with Crippen LogP contribution in [-0.4, -0.2) is 36.1 Å². The molecule has 2 aromatic rings. The Bertz CT molecular complexity index is 651. The second kappa shape index (κ2) is 6.43. The predicted octanol–water partition coefficient (Wildman–Crippen LogP) is 2.34. The van der Waals surface area contributed by atoms with Crippen molar-refractivity contribution in [3.8, 4) is 5.88 Å². The minimum atomic E-state index is -0.179. The van der Waals surface area contributed by atoms with E-state index < -0.39 is 0 Å². The number of hydrogen-bond donors (Lipinski definition) is 1. The molecule has 0 spiro atoms. The summed E-state index contributed by atoms with van der Waals surface area (Å²) in [6.45, 7) is 1.89. The molecule has 1 fully saturated rings. The molecule has 6 nitrogen and oxygen atoms in total. The van der Waals surface area contributed by atoms with Crippen molar-refractivity contribution in [3.05, 3.63) is 42.2 Å². The number of ether oxygens (including phenoxy) is 1. The summed E-state index contributed by atoms with van der Waals surface area (Å²) in [5.74, 6) is 1.08. The molecule has 0 aliphatic carbocycles. The first-order valence-corrected chi connectivity index (χ1v) is 7.29. The van der Waals surface area contributed by atoms with Gasteiger partial charge in [0, 0.05) is 25.4 Å². The first kappa shape index (κ1) is 14.3. The number of nitrogens with zero attached hydrogens (tertiary/aromatic N) is 3. The number of carbonyl (C=O) groups excluding carboxylic acids is 1. The van der Waals surface area contributed by atoms with Crippen LogP contribution in [0.2, 0.25) is 0 Å². The van der Waals surface area contributed by atoms with Crippen LogP contribution in [0.25, 0.3) is 0 Å². The van der Waals surface area contributed by atoms with E-state index in [1.165, 1.54) is 0 Å². The standard InChI is InChI=1S/C16H18N4O2/c1-22-14-7-6-12(11-18-14)19-16(21)13-5-4-8-17-15(13)20-9-2-3-10-20/h4-8,11H,2-3,9-10H2,1H3,(H,19,21). The van der Waals surface area contributed by atoms with E-state index in [4.69, 9.17) is 4.74 Å². The summed E-state index contributed by atoms with van der Waals surface area (Å²) in [4.78, 5) is 23.1. The van der Waals surface area contributed by atoms with E-state index in [0.717, 1.165) is 31.7 Å². The smallest absolute Gasteiger partial charge is 0.259 e. The van der Waals surface area contributed by atoms with Gasteiger partial charge in [-0.15, -0.1) is 0 Å². The maximum atomic E-state index is 12.5. The van der Waals surface area contributed by atoms with Crippen LogP contribution in [0.1, 0.15) is 23.2 Å². The van der Waals surface area contributed by atoms with Gasteiger partial charge in [-0.1, -0.05) is 0 Å². The van der Waals surface area contributed by atoms with Crippen molar-refractivity contribution in [2.75, 3.05) is 30.4 Å². The molecule has 22 heavy (non-hydrogen) atoms. The van der Waals surface area contributed by atoms with Gasteiger partial charge in [0.2, 0.25) is 5.88 Å². The second-order valence-electron chi connectivity index (χ2n) is 5.11. The zero-order valence-electron chi connectivity index (χ0n) is 12.5. The lowest BCUT2D eigenvalue weighted by atomic mass is 10.2. The van der Waals surface area contributed by atoms with Gasteiger partial charge in [0.1, 0.15) is 5.82 Å². The lowest BCUT2D eigenvalue weighted by Crippen LogP contribution is -2.24. The van der Waals surface area contributed by atoms with Crippen LogP contribution in [0, 0.1) is 0 Å². The van der Waals surface area contributed by atoms with Crippen molar-refractivity contribution in [3.63, 3.8) is 0 Å². The minimum Gasteiger partial charge on any atom is -0.481 e. The number of hydrogen-bond acceptors (Lipinski definition) is 5. The number of pyridine rings is 2. The molecule has 2 aromatic heterocycles. The quantitative estimate of drug-likeness (QED) is 0.938. The molecule has 0 bridgehead atoms. The number of anilines is 2. The molecule has 114 valence electrons. The Balaban J connectivity index is 1.79. The SMILES string of the molecule is COc1ccc(NC(=O)c2cccnc2N2CCCC2)cn1. The Morgan fingerprint density at radius 2 is 2.05 bits per heavy atom. The van der Waals surface area contributed by atoms with Crippen molar-refractivity contribution in [1.29, 1.82) is 0 Å². The van der Waals surface area contributed by atoms with E-state index in [1.807, 2.05) is 0 Å². The van der Waals surface area contributed by atoms with Crippen LogP contribution in [0.3, 0.4) is 0 Å². The van der Waals surface area contributed by atoms with Crippen LogP contribution < -0.4 is 15.0 Å². The van der Waals surface area contributed by atoms with Crippen LogP contribution in [0.15, 0.2) is 36.7 Å². The van der Waals surface area contributed by atoms with Crippen molar-refractivity contribution >= 4 is 17.4 Å². The molecule has 1 saturated heterocycles. The van der Waals surface area contributed by atoms with Crippen molar-refractivity contribution in [1.82, 2.24) is 9.97 Å². The Labute approximate surface area is 129 Å². The van der Waals surface area contributed by atoms with Gasteiger partial charge in [-0.2, -0.15) is 0 Å². The van der Waals surface area contributed by atoms with Gasteiger partial charge in [0.25, 0.3) is 5.91 Å². The van der Waals surface area contributed by atoms with Crippen LogP contribution in [0.5, 0.6) is 5.88 Å². The Morgan fingerprint density at radius 1 is 1.23 bits per heavy atom. The monoisotopic (exact) mass is 298 g/mol. The lowest BCUT2D eigenvalue weighted by molar-refractivity contribution is 0.102. The Kier molecular flexibility index (Phi) is 4.18. The van der Waals surface area contributed by atoms with E-state index in [2.05, 4.69) is 20.2 Å². The van der Waals surface area contributed by atoms with Gasteiger partial charge in [0.15, 0.2) is 0 Å². The normalized spacial score (nSPS) is 14.0. The first-order valence-electron chi connectivity index (χ1n) is 7.29. The molecule has 6 heteroatoms. The number of carbonyl (C=O) groups is 1. The average Bonchev–Trinajstić information content (AvgIpc) is 3.10. The average molecular weight is 298 g/mol. The number of aromatic nitrogens is 2. The van der Waals surface area contributed by atoms with E-state index in [-0.39, 0.29) is 5.91 Å². The minimum absolute atomic E-state index is 0.179. The lowest BCUT2D eigenvalue weighted by Gasteiger charge is -2.19. The summed E-state index contributed by atoms with van der Waals surface area (Å²) in [5, 5.41) is 2.85. The molecule has 0 radical (unpaired) electrons. The van der Waals surface area contributed by atoms with Crippen LogP contribution in [0.4, 0.5) is 11.5 Å². The number of methoxy groups -OCH3 is 1. The van der Waals surface area contributed by atoms with Gasteiger partial charge >= 0.3 is 0 Å². The summed E-state index contributed by atoms with van der Waals surface area (Å²) >= 11 is 0. The van der Waals surface area contributed by atoms with E-state index >= 15 is 0 Å². The van der Waals surface area contributed by atoms with Gasteiger partial charge < -0.3 is 15.0 Å². The molecular weight excluding hydrogens is 280 g/mol. The van der Waals surface area contributed by atoms with Crippen molar-refractivity contribution < 1.29 is 9.53 Å². The maximum absolute atomic E-state index is 12.5. The Hall–Kier alpha value is -2.63. The molecule has 1 aliphatic heterocycles. The van der Waals surface area contributed by atoms with E-state index in [9.17, 15) is 4.79 Å². The number of rotatable bonds is 4. The number of nitrogens with one attached hydrogen (secondary N) is 1. The highest BCUT2D eigenvalue weighted by Gasteiger charge is 2.20. The van der Waals surface area contributed by atoms with Gasteiger partial charge in [0.05, 0.1) is 24.6 Å². The molecule has 1 aliphatic rings. The van der Waals surface area contributed by atoms with Gasteiger partial charge in [-0.3, -0.25) is 4.79 Å². The molecule has 0 aromatic carbocycles. The largest absolute Gasteiger partial charge is 0.481 e. The summed E-state index contributed by atoms with van der Waals surface area (Å²) in [6, 6.07) is 7.05. The summed E-state index contributed by atoms with van der Waals surface area (Å²) in [7, 11) is 1.55. The topological polar surface area (TPSA) is 67.3 Å². The van der Waals surface area contributed by atoms with Gasteiger partial charge in [-0.05, 0) is 31.0 Å². The van der Waals surface area contributed by atoms with E-state index in [1.54, 1.807) is 43.8 Å². The van der Waals surface area contributed by atoms with Crippen LogP contribution >= 0.6 is 0 Å². The molecule has 3 heterocycles. The highest BCUT2D eigenvalue weighted by molar-refractivity contribution is 6.07. The van der Waals surface area contributed by atoms with E-state index in [0.29, 0.717) is 17.1 Å². The molecule has 0 atom stereocenters. The van der Waals surface area contributed by atoms with Gasteiger partial charge in [-0.25, -0.2) is 9.97 Å². The fraction of sp³-hybridized carbons (Fsp3) is 0.312. The summed E-state index contributed by atoms with van der Waals surface area (Å²) in [5.41, 5.74) is 1.21. The fourth-order valence-corrected chi connectivity index (χ4v) is 2.53. The summed E-state index contributed by atoms with van der Waals surface area (Å²) < 4.78 is 5.00. The maximum Gasteiger partial charge on any atom is 0.259 e. The van der Waals surface area contributed by atoms with Crippen molar-refractivity contribution in [2.24, 2.45) is 0 Å². The third-order valence-electron chi connectivity index (χ3n) is 3.64. The fourth-order valence-electron chi connectivity index (χ4n) is 2.53. The third kappa shape index (κ3) is 3.00. The molecule has 1 N–H and O–H groups in total. The highest BCUT2D eigenvalue weighted by Crippen LogP contribution is 2.23.